The molecular weight excluding hydrogens is 310 g/mol. The molecule has 1 aliphatic heterocycles. The number of aldehydes is 1. The molecule has 0 bridgehead atoms. The minimum Gasteiger partial charge on any atom is -0.351 e. The van der Waals surface area contributed by atoms with E-state index in [2.05, 4.69) is 29.5 Å². The number of piperidine rings is 1. The number of likely N-dealkylation sites (tertiary alicyclic amines) is 1. The summed E-state index contributed by atoms with van der Waals surface area (Å²) in [5.74, 6) is 0.663. The van der Waals surface area contributed by atoms with Gasteiger partial charge in [0, 0.05) is 6.54 Å². The monoisotopic (exact) mass is 339 g/mol. The molecule has 5 nitrogen and oxygen atoms in total. The molecule has 1 amide bonds. The summed E-state index contributed by atoms with van der Waals surface area (Å²) >= 11 is 1.24. The first-order chi connectivity index (χ1) is 11.1. The second kappa shape index (κ2) is 11.3. The topological polar surface area (TPSA) is 61.4 Å². The summed E-state index contributed by atoms with van der Waals surface area (Å²) in [7, 11) is 4.08. The van der Waals surface area contributed by atoms with Crippen LogP contribution in [0.25, 0.3) is 0 Å². The van der Waals surface area contributed by atoms with E-state index < -0.39 is 0 Å². The van der Waals surface area contributed by atoms with E-state index in [0.717, 1.165) is 44.8 Å². The molecule has 0 spiro atoms. The van der Waals surface area contributed by atoms with Crippen molar-refractivity contribution in [2.24, 2.45) is 5.92 Å². The fraction of sp³-hybridized carbons (Fsp3) is 0.647. The second-order valence-electron chi connectivity index (χ2n) is 5.82. The predicted molar refractivity (Wildman–Crippen MR) is 96.5 cm³/mol. The van der Waals surface area contributed by atoms with Crippen molar-refractivity contribution >= 4 is 23.5 Å². The Kier molecular flexibility index (Phi) is 9.75. The number of nitrogens with zero attached hydrogens (tertiary/aromatic N) is 1. The van der Waals surface area contributed by atoms with Crippen molar-refractivity contribution in [3.63, 3.8) is 0 Å². The third-order valence-electron chi connectivity index (χ3n) is 4.00. The third kappa shape index (κ3) is 7.72. The largest absolute Gasteiger partial charge is 0.351 e. The summed E-state index contributed by atoms with van der Waals surface area (Å²) in [4.78, 5) is 26.0. The molecule has 0 unspecified atom stereocenters. The molecule has 0 aliphatic carbocycles. The summed E-state index contributed by atoms with van der Waals surface area (Å²) in [6, 6.07) is 3.39. The van der Waals surface area contributed by atoms with Crippen LogP contribution in [0.15, 0.2) is 12.1 Å². The Hall–Kier alpha value is -1.24. The molecule has 130 valence electrons. The van der Waals surface area contributed by atoms with Crippen LogP contribution in [0.3, 0.4) is 0 Å². The normalized spacial score (nSPS) is 15.6. The number of amides is 1. The lowest BCUT2D eigenvalue weighted by atomic mass is 9.94. The standard InChI is InChI=1S/C14H20N2O2S.C3H9N/c1-16-8-5-11(6-9-16)4-7-15-14(18)13-3-2-12(10-17)19-13;1-3-4-2/h2-3,10-11H,4-9H2,1H3,(H,15,18);4H,3H2,1-2H3. The fourth-order valence-electron chi connectivity index (χ4n) is 2.37. The maximum atomic E-state index is 11.8. The number of nitrogens with one attached hydrogen (secondary N) is 2. The third-order valence-corrected chi connectivity index (χ3v) is 5.01. The Labute approximate surface area is 143 Å². The molecule has 1 saturated heterocycles. The van der Waals surface area contributed by atoms with Crippen LogP contribution in [0.2, 0.25) is 0 Å². The van der Waals surface area contributed by atoms with Crippen LogP contribution in [-0.4, -0.2) is 57.4 Å². The van der Waals surface area contributed by atoms with Gasteiger partial charge in [-0.15, -0.1) is 11.3 Å². The molecule has 0 aromatic carbocycles. The lowest BCUT2D eigenvalue weighted by Crippen LogP contribution is -2.32. The van der Waals surface area contributed by atoms with Crippen molar-refractivity contribution in [2.75, 3.05) is 40.3 Å². The van der Waals surface area contributed by atoms with Crippen molar-refractivity contribution in [3.8, 4) is 0 Å². The van der Waals surface area contributed by atoms with E-state index in [1.807, 2.05) is 7.05 Å². The van der Waals surface area contributed by atoms with Crippen molar-refractivity contribution < 1.29 is 9.59 Å². The van der Waals surface area contributed by atoms with Crippen molar-refractivity contribution in [2.45, 2.75) is 26.2 Å². The zero-order valence-electron chi connectivity index (χ0n) is 14.4. The van der Waals surface area contributed by atoms with E-state index >= 15 is 0 Å². The van der Waals surface area contributed by atoms with Gasteiger partial charge in [0.15, 0.2) is 6.29 Å². The SMILES string of the molecule is CCNC.CN1CCC(CCNC(=O)c2ccc(C=O)s2)CC1. The van der Waals surface area contributed by atoms with Gasteiger partial charge in [-0.05, 0) is 71.0 Å². The van der Waals surface area contributed by atoms with E-state index in [1.54, 1.807) is 12.1 Å². The van der Waals surface area contributed by atoms with Gasteiger partial charge in [0.25, 0.3) is 5.91 Å². The number of carbonyl (C=O) groups excluding carboxylic acids is 2. The van der Waals surface area contributed by atoms with Gasteiger partial charge in [-0.1, -0.05) is 6.92 Å². The van der Waals surface area contributed by atoms with Crippen LogP contribution in [0, 0.1) is 5.92 Å². The molecule has 6 heteroatoms. The van der Waals surface area contributed by atoms with Crippen LogP contribution in [0.5, 0.6) is 0 Å². The molecule has 2 rings (SSSR count). The van der Waals surface area contributed by atoms with Gasteiger partial charge in [-0.25, -0.2) is 0 Å². The lowest BCUT2D eigenvalue weighted by molar-refractivity contribution is 0.0952. The molecule has 1 aromatic heterocycles. The van der Waals surface area contributed by atoms with E-state index in [4.69, 9.17) is 0 Å². The molecule has 1 aliphatic rings. The highest BCUT2D eigenvalue weighted by Gasteiger charge is 2.16. The van der Waals surface area contributed by atoms with Gasteiger partial charge in [0.05, 0.1) is 9.75 Å². The van der Waals surface area contributed by atoms with Gasteiger partial charge in [0.1, 0.15) is 0 Å². The van der Waals surface area contributed by atoms with E-state index in [0.29, 0.717) is 9.75 Å². The Bertz CT molecular complexity index is 466. The van der Waals surface area contributed by atoms with Crippen molar-refractivity contribution in [1.82, 2.24) is 15.5 Å². The summed E-state index contributed by atoms with van der Waals surface area (Å²) in [5.41, 5.74) is 0. The maximum Gasteiger partial charge on any atom is 0.261 e. The fourth-order valence-corrected chi connectivity index (χ4v) is 3.10. The minimum atomic E-state index is -0.0639. The molecule has 1 fully saturated rings. The van der Waals surface area contributed by atoms with Gasteiger partial charge < -0.3 is 15.5 Å². The van der Waals surface area contributed by atoms with Crippen LogP contribution >= 0.6 is 11.3 Å². The first-order valence-electron chi connectivity index (χ1n) is 8.27. The zero-order chi connectivity index (χ0) is 17.1. The van der Waals surface area contributed by atoms with Crippen molar-refractivity contribution in [3.05, 3.63) is 21.9 Å². The Morgan fingerprint density at radius 3 is 2.57 bits per heavy atom. The molecule has 0 radical (unpaired) electrons. The Morgan fingerprint density at radius 2 is 2.04 bits per heavy atom. The molecule has 23 heavy (non-hydrogen) atoms. The smallest absolute Gasteiger partial charge is 0.261 e. The second-order valence-corrected chi connectivity index (χ2v) is 6.93. The van der Waals surface area contributed by atoms with Crippen molar-refractivity contribution in [1.29, 1.82) is 0 Å². The van der Waals surface area contributed by atoms with Gasteiger partial charge in [0.2, 0.25) is 0 Å². The molecule has 2 heterocycles. The number of rotatable bonds is 6. The first kappa shape index (κ1) is 19.8. The Balaban J connectivity index is 0.000000593. The number of hydrogen-bond donors (Lipinski definition) is 2. The molecule has 2 N–H and O–H groups in total. The van der Waals surface area contributed by atoms with E-state index in [1.165, 1.54) is 24.2 Å². The number of hydrogen-bond acceptors (Lipinski definition) is 5. The highest BCUT2D eigenvalue weighted by Crippen LogP contribution is 2.19. The average molecular weight is 340 g/mol. The van der Waals surface area contributed by atoms with Crippen LogP contribution in [-0.2, 0) is 0 Å². The van der Waals surface area contributed by atoms with Crippen LogP contribution < -0.4 is 10.6 Å². The quantitative estimate of drug-likeness (QED) is 0.781. The lowest BCUT2D eigenvalue weighted by Gasteiger charge is -2.28. The maximum absolute atomic E-state index is 11.8. The molecular formula is C17H29N3O2S. The van der Waals surface area contributed by atoms with Gasteiger partial charge >= 0.3 is 0 Å². The van der Waals surface area contributed by atoms with E-state index in [-0.39, 0.29) is 5.91 Å². The average Bonchev–Trinajstić information content (AvgIpc) is 3.06. The zero-order valence-corrected chi connectivity index (χ0v) is 15.2. The predicted octanol–water partition coefficient (Wildman–Crippen LogP) is 2.25. The highest BCUT2D eigenvalue weighted by molar-refractivity contribution is 7.15. The molecule has 0 saturated carbocycles. The van der Waals surface area contributed by atoms with Gasteiger partial charge in [-0.2, -0.15) is 0 Å². The summed E-state index contributed by atoms with van der Waals surface area (Å²) < 4.78 is 0. The van der Waals surface area contributed by atoms with E-state index in [9.17, 15) is 9.59 Å². The van der Waals surface area contributed by atoms with Crippen LogP contribution in [0.4, 0.5) is 0 Å². The summed E-state index contributed by atoms with van der Waals surface area (Å²) in [5, 5.41) is 5.87. The first-order valence-corrected chi connectivity index (χ1v) is 9.08. The number of carbonyl (C=O) groups is 2. The highest BCUT2D eigenvalue weighted by atomic mass is 32.1. The van der Waals surface area contributed by atoms with Gasteiger partial charge in [-0.3, -0.25) is 9.59 Å². The summed E-state index contributed by atoms with van der Waals surface area (Å²) in [6.07, 6.45) is 4.27. The molecule has 0 atom stereocenters. The molecule has 1 aromatic rings. The minimum absolute atomic E-state index is 0.0639. The summed E-state index contributed by atoms with van der Waals surface area (Å²) in [6.45, 7) is 6.18. The number of thiophene rings is 1. The Morgan fingerprint density at radius 1 is 1.39 bits per heavy atom. The van der Waals surface area contributed by atoms with Crippen LogP contribution in [0.1, 0.15) is 45.5 Å².